The number of rotatable bonds is 6. The van der Waals surface area contributed by atoms with Gasteiger partial charge < -0.3 is 13.7 Å². The Kier molecular flexibility index (Phi) is 7.40. The maximum Gasteiger partial charge on any atom is 0.159 e. The van der Waals surface area contributed by atoms with E-state index in [1.54, 1.807) is 0 Å². The van der Waals surface area contributed by atoms with E-state index in [1.807, 2.05) is 29.5 Å². The molecule has 0 saturated heterocycles. The fourth-order valence-corrected chi connectivity index (χ4v) is 10.0. The molecular weight excluding hydrogens is 727 g/mol. The second kappa shape index (κ2) is 13.1. The minimum atomic E-state index is 0.822. The van der Waals surface area contributed by atoms with Gasteiger partial charge in [0.2, 0.25) is 0 Å². The fourth-order valence-electron chi connectivity index (χ4n) is 8.77. The van der Waals surface area contributed by atoms with E-state index in [9.17, 15) is 0 Å². The van der Waals surface area contributed by atoms with E-state index >= 15 is 0 Å². The second-order valence-corrected chi connectivity index (χ2v) is 15.9. The summed E-state index contributed by atoms with van der Waals surface area (Å²) >= 11 is 1.87. The predicted octanol–water partition coefficient (Wildman–Crippen LogP) is 16.3. The summed E-state index contributed by atoms with van der Waals surface area (Å²) in [4.78, 5) is 2.29. The lowest BCUT2D eigenvalue weighted by Gasteiger charge is -2.25. The van der Waals surface area contributed by atoms with Crippen molar-refractivity contribution in [3.05, 3.63) is 200 Å². The van der Waals surface area contributed by atoms with Crippen LogP contribution in [0.3, 0.4) is 0 Å². The number of hydrogen-bond acceptors (Lipinski definition) is 4. The Bertz CT molecular complexity index is 3500. The van der Waals surface area contributed by atoms with Crippen LogP contribution < -0.4 is 4.90 Å². The van der Waals surface area contributed by atoms with E-state index < -0.39 is 0 Å². The van der Waals surface area contributed by atoms with Crippen molar-refractivity contribution in [3.63, 3.8) is 0 Å². The smallest absolute Gasteiger partial charge is 0.159 e. The number of furan rings is 2. The SMILES string of the molecule is c1ccc(-c2cccc3c2oc2c(N(c4ccc(-c5ccc6c(c5)sc5c(-c7ccccc7)cccc56)cc4)c4cccc5c4oc4ccccc45)cccc23)cc1. The molecule has 0 N–H and O–H groups in total. The van der Waals surface area contributed by atoms with Crippen LogP contribution in [0.5, 0.6) is 0 Å². The summed E-state index contributed by atoms with van der Waals surface area (Å²) in [7, 11) is 0. The molecule has 0 saturated carbocycles. The van der Waals surface area contributed by atoms with E-state index in [4.69, 9.17) is 8.83 Å². The molecule has 0 aliphatic rings. The molecule has 0 atom stereocenters. The van der Waals surface area contributed by atoms with Gasteiger partial charge in [0.05, 0.1) is 11.4 Å². The monoisotopic (exact) mass is 759 g/mol. The zero-order valence-electron chi connectivity index (χ0n) is 31.2. The highest BCUT2D eigenvalue weighted by atomic mass is 32.1. The summed E-state index contributed by atoms with van der Waals surface area (Å²) in [6.45, 7) is 0. The topological polar surface area (TPSA) is 29.5 Å². The van der Waals surface area contributed by atoms with Gasteiger partial charge in [0, 0.05) is 53.0 Å². The largest absolute Gasteiger partial charge is 0.454 e. The minimum Gasteiger partial charge on any atom is -0.454 e. The molecule has 12 rings (SSSR count). The van der Waals surface area contributed by atoms with E-state index in [-0.39, 0.29) is 0 Å². The maximum absolute atomic E-state index is 6.99. The van der Waals surface area contributed by atoms with Crippen molar-refractivity contribution in [3.8, 4) is 33.4 Å². The molecule has 0 bridgehead atoms. The normalized spacial score (nSPS) is 11.8. The molecule has 0 amide bonds. The van der Waals surface area contributed by atoms with E-state index in [0.717, 1.165) is 77.6 Å². The second-order valence-electron chi connectivity index (χ2n) is 14.8. The van der Waals surface area contributed by atoms with Gasteiger partial charge >= 0.3 is 0 Å². The fraction of sp³-hybridized carbons (Fsp3) is 0. The van der Waals surface area contributed by atoms with Gasteiger partial charge in [0.1, 0.15) is 11.2 Å². The number of thiophene rings is 1. The third kappa shape index (κ3) is 5.12. The molecule has 0 aliphatic heterocycles. The first-order chi connectivity index (χ1) is 28.8. The Morgan fingerprint density at radius 2 is 0.897 bits per heavy atom. The van der Waals surface area contributed by atoms with Crippen LogP contribution >= 0.6 is 11.3 Å². The van der Waals surface area contributed by atoms with Crippen molar-refractivity contribution in [1.29, 1.82) is 0 Å². The Morgan fingerprint density at radius 1 is 0.345 bits per heavy atom. The molecule has 0 unspecified atom stereocenters. The molecule has 3 nitrogen and oxygen atoms in total. The first-order valence-corrected chi connectivity index (χ1v) is 20.4. The lowest BCUT2D eigenvalue weighted by Crippen LogP contribution is -2.10. The van der Waals surface area contributed by atoms with Crippen molar-refractivity contribution < 1.29 is 8.83 Å². The van der Waals surface area contributed by atoms with Crippen LogP contribution in [-0.2, 0) is 0 Å². The standard InChI is InChI=1S/C54H33NO2S/c1-3-13-35(14-4-1)39-18-9-20-44-45-22-12-25-48(53(45)57-51(39)44)55(47-24-11-21-43-41-17-7-8-26-49(41)56-52(43)47)38-30-27-34(28-31-38)37-29-32-42-46-23-10-19-40(36-15-5-2-6-16-36)54(46)58-50(42)33-37/h1-33H. The zero-order valence-corrected chi connectivity index (χ0v) is 32.0. The van der Waals surface area contributed by atoms with Crippen molar-refractivity contribution in [2.24, 2.45) is 0 Å². The quantitative estimate of drug-likeness (QED) is 0.169. The molecule has 58 heavy (non-hydrogen) atoms. The van der Waals surface area contributed by atoms with Crippen molar-refractivity contribution in [2.75, 3.05) is 4.90 Å². The molecule has 3 heterocycles. The average molecular weight is 760 g/mol. The van der Waals surface area contributed by atoms with Gasteiger partial charge in [-0.05, 0) is 64.2 Å². The van der Waals surface area contributed by atoms with Crippen molar-refractivity contribution in [2.45, 2.75) is 0 Å². The number of fused-ring (bicyclic) bond motifs is 9. The summed E-state index contributed by atoms with van der Waals surface area (Å²) < 4.78 is 16.3. The first-order valence-electron chi connectivity index (χ1n) is 19.6. The molecule has 9 aromatic carbocycles. The molecule has 3 aromatic heterocycles. The van der Waals surface area contributed by atoms with Gasteiger partial charge in [0.15, 0.2) is 11.2 Å². The highest BCUT2D eigenvalue weighted by Crippen LogP contribution is 2.47. The number of hydrogen-bond donors (Lipinski definition) is 0. The van der Waals surface area contributed by atoms with Gasteiger partial charge in [0.25, 0.3) is 0 Å². The number of anilines is 3. The molecule has 12 aromatic rings. The third-order valence-electron chi connectivity index (χ3n) is 11.5. The summed E-state index contributed by atoms with van der Waals surface area (Å²) in [5.74, 6) is 0. The number of para-hydroxylation sites is 4. The van der Waals surface area contributed by atoms with Gasteiger partial charge in [-0.25, -0.2) is 0 Å². The van der Waals surface area contributed by atoms with Crippen molar-refractivity contribution in [1.82, 2.24) is 0 Å². The van der Waals surface area contributed by atoms with Gasteiger partial charge in [-0.15, -0.1) is 11.3 Å². The molecular formula is C54H33NO2S. The molecule has 272 valence electrons. The van der Waals surface area contributed by atoms with E-state index in [1.165, 1.54) is 36.9 Å². The Hall–Kier alpha value is -7.40. The van der Waals surface area contributed by atoms with Crippen LogP contribution in [0.4, 0.5) is 17.1 Å². The highest BCUT2D eigenvalue weighted by molar-refractivity contribution is 7.26. The lowest BCUT2D eigenvalue weighted by molar-refractivity contribution is 0.666. The number of benzene rings is 9. The Labute approximate surface area is 338 Å². The Balaban J connectivity index is 1.02. The van der Waals surface area contributed by atoms with E-state index in [2.05, 4.69) is 187 Å². The molecule has 0 fully saturated rings. The molecule has 0 spiro atoms. The van der Waals surface area contributed by atoms with Crippen LogP contribution in [0.2, 0.25) is 0 Å². The van der Waals surface area contributed by atoms with E-state index in [0.29, 0.717) is 0 Å². The van der Waals surface area contributed by atoms with Crippen LogP contribution in [0.1, 0.15) is 0 Å². The van der Waals surface area contributed by atoms with Crippen LogP contribution in [0.25, 0.3) is 97.4 Å². The van der Waals surface area contributed by atoms with Gasteiger partial charge in [-0.1, -0.05) is 164 Å². The minimum absolute atomic E-state index is 0.822. The van der Waals surface area contributed by atoms with Gasteiger partial charge in [-0.3, -0.25) is 0 Å². The molecule has 0 radical (unpaired) electrons. The van der Waals surface area contributed by atoms with Gasteiger partial charge in [-0.2, -0.15) is 0 Å². The molecule has 0 aliphatic carbocycles. The summed E-state index contributed by atoms with van der Waals surface area (Å²) in [6, 6.07) is 71.2. The first kappa shape index (κ1) is 32.8. The van der Waals surface area contributed by atoms with Crippen LogP contribution in [-0.4, -0.2) is 0 Å². The maximum atomic E-state index is 6.99. The number of nitrogens with zero attached hydrogens (tertiary/aromatic N) is 1. The Morgan fingerprint density at radius 3 is 1.64 bits per heavy atom. The summed E-state index contributed by atoms with van der Waals surface area (Å²) in [6.07, 6.45) is 0. The van der Waals surface area contributed by atoms with Crippen LogP contribution in [0, 0.1) is 0 Å². The lowest BCUT2D eigenvalue weighted by atomic mass is 10.0. The summed E-state index contributed by atoms with van der Waals surface area (Å²) in [5.41, 5.74) is 13.3. The molecule has 4 heteroatoms. The van der Waals surface area contributed by atoms with Crippen molar-refractivity contribution >= 4 is 92.4 Å². The van der Waals surface area contributed by atoms with Crippen LogP contribution in [0.15, 0.2) is 209 Å². The zero-order chi connectivity index (χ0) is 38.2. The average Bonchev–Trinajstić information content (AvgIpc) is 3.99. The summed E-state index contributed by atoms with van der Waals surface area (Å²) in [5, 5.41) is 6.91. The highest BCUT2D eigenvalue weighted by Gasteiger charge is 2.24. The predicted molar refractivity (Wildman–Crippen MR) is 245 cm³/mol. The third-order valence-corrected chi connectivity index (χ3v) is 12.7.